The number of benzene rings is 1. The third-order valence-electron chi connectivity index (χ3n) is 4.80. The van der Waals surface area contributed by atoms with Gasteiger partial charge in [0.1, 0.15) is 11.5 Å². The fourth-order valence-electron chi connectivity index (χ4n) is 3.56. The van der Waals surface area contributed by atoms with Crippen molar-refractivity contribution in [2.24, 2.45) is 15.3 Å². The first-order valence-corrected chi connectivity index (χ1v) is 9.35. The number of hydrogen-bond acceptors (Lipinski definition) is 6. The lowest BCUT2D eigenvalue weighted by molar-refractivity contribution is 0.101. The maximum absolute atomic E-state index is 12.8. The van der Waals surface area contributed by atoms with Crippen molar-refractivity contribution in [2.75, 3.05) is 0 Å². The molecule has 13 heteroatoms. The van der Waals surface area contributed by atoms with Gasteiger partial charge in [-0.25, -0.2) is 4.98 Å². The number of azide groups is 3. The molecule has 158 valence electrons. The first-order chi connectivity index (χ1) is 16.1. The summed E-state index contributed by atoms with van der Waals surface area (Å²) in [6.45, 7) is 1.39. The van der Waals surface area contributed by atoms with E-state index in [9.17, 15) is 4.79 Å². The van der Waals surface area contributed by atoms with Crippen LogP contribution in [0.5, 0.6) is 0 Å². The second kappa shape index (κ2) is 8.80. The Morgan fingerprint density at radius 2 is 1.67 bits per heavy atom. The summed E-state index contributed by atoms with van der Waals surface area (Å²) in [6, 6.07) is 9.62. The maximum Gasteiger partial charge on any atom is 0.161 e. The van der Waals surface area contributed by atoms with E-state index in [-0.39, 0.29) is 22.9 Å². The summed E-state index contributed by atoms with van der Waals surface area (Å²) in [5.41, 5.74) is 29.8. The fourth-order valence-corrected chi connectivity index (χ4v) is 3.56. The lowest BCUT2D eigenvalue weighted by atomic mass is 9.91. The van der Waals surface area contributed by atoms with Gasteiger partial charge in [0, 0.05) is 60.6 Å². The number of rotatable bonds is 6. The van der Waals surface area contributed by atoms with Crippen LogP contribution in [-0.2, 0) is 0 Å². The predicted molar refractivity (Wildman–Crippen MR) is 121 cm³/mol. The zero-order valence-electron chi connectivity index (χ0n) is 16.9. The summed E-state index contributed by atoms with van der Waals surface area (Å²) in [5.74, 6) is -0.222. The predicted octanol–water partition coefficient (Wildman–Crippen LogP) is 7.32. The minimum absolute atomic E-state index is 0.0653. The number of hydrogen-bond donors (Lipinski definition) is 1. The van der Waals surface area contributed by atoms with Crippen molar-refractivity contribution >= 4 is 34.0 Å². The van der Waals surface area contributed by atoms with Crippen molar-refractivity contribution in [1.29, 1.82) is 0 Å². The zero-order chi connectivity index (χ0) is 23.4. The van der Waals surface area contributed by atoms with E-state index < -0.39 is 0 Å². The van der Waals surface area contributed by atoms with Crippen LogP contribution in [0.1, 0.15) is 17.3 Å². The van der Waals surface area contributed by atoms with Crippen LogP contribution in [0.4, 0.5) is 17.2 Å². The molecule has 0 aliphatic carbocycles. The molecule has 0 unspecified atom stereocenters. The maximum atomic E-state index is 12.8. The molecule has 4 rings (SSSR count). The Labute approximate surface area is 184 Å². The summed E-state index contributed by atoms with van der Waals surface area (Å²) < 4.78 is 0. The molecular weight excluding hydrogens is 424 g/mol. The molecule has 0 aliphatic rings. The van der Waals surface area contributed by atoms with Crippen LogP contribution in [0.25, 0.3) is 64.7 Å². The average molecular weight is 436 g/mol. The largest absolute Gasteiger partial charge is 0.339 e. The van der Waals surface area contributed by atoms with E-state index in [1.165, 1.54) is 25.4 Å². The number of nitrogens with zero attached hydrogens (tertiary/aromatic N) is 11. The van der Waals surface area contributed by atoms with Gasteiger partial charge in [0.25, 0.3) is 0 Å². The van der Waals surface area contributed by atoms with Gasteiger partial charge < -0.3 is 4.98 Å². The summed E-state index contributed by atoms with van der Waals surface area (Å²) in [5, 5.41) is 11.5. The van der Waals surface area contributed by atoms with E-state index in [0.29, 0.717) is 39.1 Å². The van der Waals surface area contributed by atoms with Crippen molar-refractivity contribution in [3.05, 3.63) is 85.7 Å². The highest BCUT2D eigenvalue weighted by atomic mass is 16.1. The molecular formula is C20H12N12O. The Bertz CT molecular complexity index is 1570. The highest BCUT2D eigenvalue weighted by Crippen LogP contribution is 2.41. The number of aromatic nitrogens is 3. The summed E-state index contributed by atoms with van der Waals surface area (Å²) in [4.78, 5) is 32.8. The highest BCUT2D eigenvalue weighted by Gasteiger charge is 2.21. The number of fused-ring (bicyclic) bond motifs is 1. The number of Topliss-reactive ketones (excluding diaryl/α,β-unsaturated/α-hetero) is 1. The van der Waals surface area contributed by atoms with Crippen molar-refractivity contribution in [3.8, 4) is 22.4 Å². The summed E-state index contributed by atoms with van der Waals surface area (Å²) in [6.07, 6.45) is 2.95. The molecule has 0 aliphatic heterocycles. The molecule has 0 spiro atoms. The Morgan fingerprint density at radius 3 is 2.39 bits per heavy atom. The standard InChI is InChI=1S/C20H12N12O/c1-10(33)18-13(12-3-2-5-24-20(12)29-32-23)7-11(27-30-21)8-14(18)17-9-15-16(28-31-22)4-6-25-19(15)26-17/h2-9H,1H3,(H,25,26). The molecule has 1 aromatic carbocycles. The molecule has 33 heavy (non-hydrogen) atoms. The minimum atomic E-state index is -0.287. The summed E-state index contributed by atoms with van der Waals surface area (Å²) in [7, 11) is 0. The van der Waals surface area contributed by atoms with Crippen LogP contribution >= 0.6 is 0 Å². The van der Waals surface area contributed by atoms with Crippen LogP contribution in [0.15, 0.2) is 64.1 Å². The smallest absolute Gasteiger partial charge is 0.161 e. The second-order valence-corrected chi connectivity index (χ2v) is 6.69. The van der Waals surface area contributed by atoms with E-state index in [0.717, 1.165) is 0 Å². The van der Waals surface area contributed by atoms with Crippen molar-refractivity contribution < 1.29 is 4.79 Å². The number of pyridine rings is 2. The van der Waals surface area contributed by atoms with Crippen LogP contribution in [-0.4, -0.2) is 20.7 Å². The molecule has 3 heterocycles. The van der Waals surface area contributed by atoms with Crippen LogP contribution in [0.3, 0.4) is 0 Å². The molecule has 0 radical (unpaired) electrons. The fraction of sp³-hybridized carbons (Fsp3) is 0.0500. The topological polar surface area (TPSA) is 205 Å². The van der Waals surface area contributed by atoms with Gasteiger partial charge in [0.2, 0.25) is 0 Å². The van der Waals surface area contributed by atoms with Gasteiger partial charge in [-0.3, -0.25) is 9.78 Å². The molecule has 1 N–H and O–H groups in total. The molecule has 0 fully saturated rings. The zero-order valence-corrected chi connectivity index (χ0v) is 16.9. The molecule has 3 aromatic heterocycles. The first-order valence-electron chi connectivity index (χ1n) is 9.35. The molecule has 0 atom stereocenters. The quantitative estimate of drug-likeness (QED) is 0.143. The van der Waals surface area contributed by atoms with Crippen LogP contribution < -0.4 is 0 Å². The van der Waals surface area contributed by atoms with Crippen LogP contribution in [0, 0.1) is 0 Å². The van der Waals surface area contributed by atoms with E-state index in [1.54, 1.807) is 30.3 Å². The van der Waals surface area contributed by atoms with Crippen LogP contribution in [0.2, 0.25) is 0 Å². The number of carbonyl (C=O) groups excluding carboxylic acids is 1. The third kappa shape index (κ3) is 3.88. The van der Waals surface area contributed by atoms with Gasteiger partial charge in [0.05, 0.1) is 5.69 Å². The van der Waals surface area contributed by atoms with Gasteiger partial charge in [0.15, 0.2) is 5.78 Å². The van der Waals surface area contributed by atoms with Gasteiger partial charge in [-0.1, -0.05) is 16.3 Å². The first kappa shape index (κ1) is 20.9. The Balaban J connectivity index is 2.10. The molecule has 4 aromatic rings. The SMILES string of the molecule is CC(=O)c1c(-c2cc3c(N=[N+]=[N-])ccnc3[nH]2)cc(N=[N+]=[N-])cc1-c1cccnc1N=[N+]=[N-]. The Kier molecular flexibility index (Phi) is 5.58. The molecule has 0 bridgehead atoms. The van der Waals surface area contributed by atoms with E-state index in [2.05, 4.69) is 45.0 Å². The van der Waals surface area contributed by atoms with Gasteiger partial charge in [-0.15, -0.1) is 0 Å². The van der Waals surface area contributed by atoms with Crippen molar-refractivity contribution in [2.45, 2.75) is 6.92 Å². The number of carbonyl (C=O) groups is 1. The van der Waals surface area contributed by atoms with Gasteiger partial charge in [-0.2, -0.15) is 0 Å². The van der Waals surface area contributed by atoms with Gasteiger partial charge >= 0.3 is 0 Å². The average Bonchev–Trinajstić information content (AvgIpc) is 3.25. The molecule has 0 saturated heterocycles. The normalized spacial score (nSPS) is 10.1. The number of aromatic amines is 1. The van der Waals surface area contributed by atoms with E-state index in [1.807, 2.05) is 0 Å². The lowest BCUT2D eigenvalue weighted by Crippen LogP contribution is -2.01. The van der Waals surface area contributed by atoms with E-state index >= 15 is 0 Å². The molecule has 0 saturated carbocycles. The van der Waals surface area contributed by atoms with Crippen molar-refractivity contribution in [1.82, 2.24) is 15.0 Å². The lowest BCUT2D eigenvalue weighted by Gasteiger charge is -2.15. The highest BCUT2D eigenvalue weighted by molar-refractivity contribution is 6.09. The number of H-pyrrole nitrogens is 1. The molecule has 0 amide bonds. The Hall–Kier alpha value is -5.34. The van der Waals surface area contributed by atoms with E-state index in [4.69, 9.17) is 16.6 Å². The second-order valence-electron chi connectivity index (χ2n) is 6.69. The Morgan fingerprint density at radius 1 is 0.909 bits per heavy atom. The third-order valence-corrected chi connectivity index (χ3v) is 4.80. The monoisotopic (exact) mass is 436 g/mol. The number of nitrogens with one attached hydrogen (secondary N) is 1. The molecule has 13 nitrogen and oxygen atoms in total. The minimum Gasteiger partial charge on any atom is -0.339 e. The summed E-state index contributed by atoms with van der Waals surface area (Å²) >= 11 is 0. The number of ketones is 1. The van der Waals surface area contributed by atoms with Crippen molar-refractivity contribution in [3.63, 3.8) is 0 Å². The van der Waals surface area contributed by atoms with Gasteiger partial charge in [-0.05, 0) is 64.5 Å².